The number of methoxy groups -OCH3 is 1. The Labute approximate surface area is 97.8 Å². The molecule has 2 atom stereocenters. The molecule has 1 aliphatic rings. The number of hydrogen-bond acceptors (Lipinski definition) is 2. The Morgan fingerprint density at radius 2 is 2.19 bits per heavy atom. The quantitative estimate of drug-likeness (QED) is 0.848. The summed E-state index contributed by atoms with van der Waals surface area (Å²) in [5.41, 5.74) is 9.12. The van der Waals surface area contributed by atoms with Crippen LogP contribution in [0.25, 0.3) is 0 Å². The number of fused-ring (bicyclic) bond motifs is 1. The highest BCUT2D eigenvalue weighted by molar-refractivity contribution is 5.35. The van der Waals surface area contributed by atoms with Gasteiger partial charge in [0.2, 0.25) is 0 Å². The normalized spacial score (nSPS) is 26.2. The van der Waals surface area contributed by atoms with E-state index in [0.29, 0.717) is 0 Å². The zero-order valence-electron chi connectivity index (χ0n) is 10.2. The van der Waals surface area contributed by atoms with Crippen LogP contribution in [-0.2, 0) is 16.7 Å². The van der Waals surface area contributed by atoms with Crippen molar-refractivity contribution in [2.24, 2.45) is 5.73 Å². The molecule has 0 radical (unpaired) electrons. The first-order valence-electron chi connectivity index (χ1n) is 6.06. The lowest BCUT2D eigenvalue weighted by Crippen LogP contribution is -2.42. The monoisotopic (exact) mass is 219 g/mol. The lowest BCUT2D eigenvalue weighted by atomic mass is 9.74. The first-order valence-corrected chi connectivity index (χ1v) is 6.06. The lowest BCUT2D eigenvalue weighted by molar-refractivity contribution is 0.0831. The van der Waals surface area contributed by atoms with Gasteiger partial charge >= 0.3 is 0 Å². The molecule has 0 saturated heterocycles. The second-order valence-electron chi connectivity index (χ2n) is 4.92. The fourth-order valence-electron chi connectivity index (χ4n) is 2.76. The minimum atomic E-state index is -0.190. The maximum absolute atomic E-state index is 6.57. The average Bonchev–Trinajstić information content (AvgIpc) is 2.29. The summed E-state index contributed by atoms with van der Waals surface area (Å²) in [4.78, 5) is 0. The van der Waals surface area contributed by atoms with Crippen molar-refractivity contribution in [3.8, 4) is 0 Å². The van der Waals surface area contributed by atoms with Crippen molar-refractivity contribution in [2.45, 2.75) is 44.2 Å². The summed E-state index contributed by atoms with van der Waals surface area (Å²) in [7, 11) is 1.75. The van der Waals surface area contributed by atoms with Gasteiger partial charge in [-0.15, -0.1) is 0 Å². The number of aryl methyl sites for hydroxylation is 1. The van der Waals surface area contributed by atoms with Crippen molar-refractivity contribution in [1.82, 2.24) is 0 Å². The van der Waals surface area contributed by atoms with Crippen molar-refractivity contribution in [2.75, 3.05) is 7.11 Å². The molecule has 0 heterocycles. The van der Waals surface area contributed by atoms with E-state index in [0.717, 1.165) is 19.3 Å². The molecule has 1 aromatic rings. The largest absolute Gasteiger partial charge is 0.382 e. The predicted molar refractivity (Wildman–Crippen MR) is 66.3 cm³/mol. The third-order valence-electron chi connectivity index (χ3n) is 3.68. The Hall–Kier alpha value is -0.860. The molecule has 0 bridgehead atoms. The standard InChI is InChI=1S/C14H21NO/c1-11(16-2)10-14(15)9-5-7-12-6-3-4-8-13(12)14/h3-4,6,8,11H,5,7,9-10,15H2,1-2H3. The molecule has 2 unspecified atom stereocenters. The third-order valence-corrected chi connectivity index (χ3v) is 3.68. The van der Waals surface area contributed by atoms with Crippen molar-refractivity contribution < 1.29 is 4.74 Å². The fraction of sp³-hybridized carbons (Fsp3) is 0.571. The van der Waals surface area contributed by atoms with Gasteiger partial charge in [-0.2, -0.15) is 0 Å². The van der Waals surface area contributed by atoms with Gasteiger partial charge in [0.05, 0.1) is 6.10 Å². The van der Waals surface area contributed by atoms with Gasteiger partial charge in [0, 0.05) is 12.6 Å². The molecule has 2 rings (SSSR count). The summed E-state index contributed by atoms with van der Waals surface area (Å²) in [6.45, 7) is 2.09. The second-order valence-corrected chi connectivity index (χ2v) is 4.92. The number of rotatable bonds is 3. The van der Waals surface area contributed by atoms with Crippen LogP contribution in [0, 0.1) is 0 Å². The van der Waals surface area contributed by atoms with Crippen LogP contribution in [-0.4, -0.2) is 13.2 Å². The molecule has 2 N–H and O–H groups in total. The lowest BCUT2D eigenvalue weighted by Gasteiger charge is -2.37. The van der Waals surface area contributed by atoms with E-state index in [1.165, 1.54) is 17.5 Å². The predicted octanol–water partition coefficient (Wildman–Crippen LogP) is 2.60. The first kappa shape index (κ1) is 11.6. The summed E-state index contributed by atoms with van der Waals surface area (Å²) in [5.74, 6) is 0. The smallest absolute Gasteiger partial charge is 0.0564 e. The first-order chi connectivity index (χ1) is 7.65. The summed E-state index contributed by atoms with van der Waals surface area (Å²) >= 11 is 0. The second kappa shape index (κ2) is 4.56. The fourth-order valence-corrected chi connectivity index (χ4v) is 2.76. The summed E-state index contributed by atoms with van der Waals surface area (Å²) in [6.07, 6.45) is 4.54. The highest BCUT2D eigenvalue weighted by atomic mass is 16.5. The van der Waals surface area contributed by atoms with Crippen molar-refractivity contribution in [3.63, 3.8) is 0 Å². The molecular formula is C14H21NO. The molecule has 1 aliphatic carbocycles. The van der Waals surface area contributed by atoms with E-state index in [9.17, 15) is 0 Å². The molecule has 0 spiro atoms. The molecular weight excluding hydrogens is 198 g/mol. The van der Waals surface area contributed by atoms with E-state index in [1.807, 2.05) is 0 Å². The van der Waals surface area contributed by atoms with Crippen molar-refractivity contribution in [1.29, 1.82) is 0 Å². The summed E-state index contributed by atoms with van der Waals surface area (Å²) in [5, 5.41) is 0. The van der Waals surface area contributed by atoms with Gasteiger partial charge in [0.15, 0.2) is 0 Å². The molecule has 0 saturated carbocycles. The van der Waals surface area contributed by atoms with Crippen LogP contribution in [0.4, 0.5) is 0 Å². The van der Waals surface area contributed by atoms with Crippen LogP contribution in [0.2, 0.25) is 0 Å². The molecule has 88 valence electrons. The van der Waals surface area contributed by atoms with E-state index < -0.39 is 0 Å². The highest BCUT2D eigenvalue weighted by Crippen LogP contribution is 2.36. The molecule has 1 aromatic carbocycles. The van der Waals surface area contributed by atoms with Crippen LogP contribution < -0.4 is 5.73 Å². The summed E-state index contributed by atoms with van der Waals surface area (Å²) in [6, 6.07) is 8.57. The van der Waals surface area contributed by atoms with Crippen molar-refractivity contribution in [3.05, 3.63) is 35.4 Å². The zero-order valence-corrected chi connectivity index (χ0v) is 10.2. The molecule has 0 aromatic heterocycles. The highest BCUT2D eigenvalue weighted by Gasteiger charge is 2.33. The SMILES string of the molecule is COC(C)CC1(N)CCCc2ccccc21. The van der Waals surface area contributed by atoms with Crippen LogP contribution >= 0.6 is 0 Å². The number of nitrogens with two attached hydrogens (primary N) is 1. The van der Waals surface area contributed by atoms with Gasteiger partial charge in [-0.3, -0.25) is 0 Å². The Balaban J connectivity index is 2.29. The number of ether oxygens (including phenoxy) is 1. The maximum Gasteiger partial charge on any atom is 0.0564 e. The van der Waals surface area contributed by atoms with Gasteiger partial charge in [-0.25, -0.2) is 0 Å². The average molecular weight is 219 g/mol. The van der Waals surface area contributed by atoms with E-state index in [1.54, 1.807) is 7.11 Å². The summed E-state index contributed by atoms with van der Waals surface area (Å²) < 4.78 is 5.35. The Morgan fingerprint density at radius 3 is 2.94 bits per heavy atom. The molecule has 0 amide bonds. The van der Waals surface area contributed by atoms with Gasteiger partial charge in [0.1, 0.15) is 0 Å². The molecule has 0 aliphatic heterocycles. The van der Waals surface area contributed by atoms with E-state index in [2.05, 4.69) is 31.2 Å². The van der Waals surface area contributed by atoms with Gasteiger partial charge in [-0.05, 0) is 43.7 Å². The van der Waals surface area contributed by atoms with Gasteiger partial charge in [0.25, 0.3) is 0 Å². The van der Waals surface area contributed by atoms with E-state index in [4.69, 9.17) is 10.5 Å². The minimum absolute atomic E-state index is 0.190. The van der Waals surface area contributed by atoms with Crippen LogP contribution in [0.5, 0.6) is 0 Å². The number of hydrogen-bond donors (Lipinski definition) is 1. The maximum atomic E-state index is 6.57. The zero-order chi connectivity index (χ0) is 11.6. The van der Waals surface area contributed by atoms with Crippen LogP contribution in [0.1, 0.15) is 37.3 Å². The topological polar surface area (TPSA) is 35.2 Å². The van der Waals surface area contributed by atoms with Crippen molar-refractivity contribution >= 4 is 0 Å². The molecule has 2 nitrogen and oxygen atoms in total. The van der Waals surface area contributed by atoms with E-state index >= 15 is 0 Å². The molecule has 0 fully saturated rings. The van der Waals surface area contributed by atoms with Crippen LogP contribution in [0.15, 0.2) is 24.3 Å². The Bertz CT molecular complexity index is 364. The Kier molecular flexibility index (Phi) is 3.31. The number of benzene rings is 1. The molecule has 16 heavy (non-hydrogen) atoms. The minimum Gasteiger partial charge on any atom is -0.382 e. The third kappa shape index (κ3) is 2.13. The van der Waals surface area contributed by atoms with Crippen LogP contribution in [0.3, 0.4) is 0 Å². The molecule has 2 heteroatoms. The Morgan fingerprint density at radius 1 is 1.44 bits per heavy atom. The van der Waals surface area contributed by atoms with Gasteiger partial charge in [-0.1, -0.05) is 24.3 Å². The van der Waals surface area contributed by atoms with Gasteiger partial charge < -0.3 is 10.5 Å². The van der Waals surface area contributed by atoms with E-state index in [-0.39, 0.29) is 11.6 Å².